The highest BCUT2D eigenvalue weighted by molar-refractivity contribution is 5.89. The molecule has 3 N–H and O–H groups in total. The molecule has 0 saturated carbocycles. The van der Waals surface area contributed by atoms with Gasteiger partial charge in [0, 0.05) is 11.8 Å². The van der Waals surface area contributed by atoms with E-state index in [9.17, 15) is 9.90 Å². The van der Waals surface area contributed by atoms with E-state index < -0.39 is 6.04 Å². The molecular formula is C21H28N2O3. The molecular weight excluding hydrogens is 328 g/mol. The van der Waals surface area contributed by atoms with E-state index in [-0.39, 0.29) is 12.6 Å². The van der Waals surface area contributed by atoms with Crippen LogP contribution in [0.25, 0.3) is 0 Å². The van der Waals surface area contributed by atoms with E-state index in [0.29, 0.717) is 18.2 Å². The Hall–Kier alpha value is -2.53. The minimum atomic E-state index is -0.452. The van der Waals surface area contributed by atoms with Gasteiger partial charge in [0.05, 0.1) is 19.3 Å². The fourth-order valence-electron chi connectivity index (χ4n) is 2.59. The molecule has 140 valence electrons. The summed E-state index contributed by atoms with van der Waals surface area (Å²) in [6.07, 6.45) is 2.13. The van der Waals surface area contributed by atoms with Gasteiger partial charge in [0.15, 0.2) is 0 Å². The maximum atomic E-state index is 12.2. The fourth-order valence-corrected chi connectivity index (χ4v) is 2.59. The molecule has 0 radical (unpaired) electrons. The van der Waals surface area contributed by atoms with Crippen molar-refractivity contribution in [2.45, 2.75) is 32.7 Å². The Morgan fingerprint density at radius 2 is 1.88 bits per heavy atom. The number of carbonyl (C=O) groups excluding carboxylic acids is 1. The van der Waals surface area contributed by atoms with Crippen LogP contribution in [0.15, 0.2) is 54.6 Å². The van der Waals surface area contributed by atoms with Crippen LogP contribution in [0.1, 0.15) is 38.3 Å². The zero-order chi connectivity index (χ0) is 18.8. The highest BCUT2D eigenvalue weighted by atomic mass is 16.5. The van der Waals surface area contributed by atoms with E-state index in [1.165, 1.54) is 0 Å². The zero-order valence-corrected chi connectivity index (χ0v) is 15.4. The molecule has 5 heteroatoms. The summed E-state index contributed by atoms with van der Waals surface area (Å²) in [5, 5.41) is 15.1. The molecule has 0 aliphatic heterocycles. The van der Waals surface area contributed by atoms with Crippen LogP contribution in [0.3, 0.4) is 0 Å². The summed E-state index contributed by atoms with van der Waals surface area (Å²) >= 11 is 0. The van der Waals surface area contributed by atoms with Gasteiger partial charge in [-0.1, -0.05) is 50.2 Å². The predicted molar refractivity (Wildman–Crippen MR) is 104 cm³/mol. The Morgan fingerprint density at radius 3 is 2.58 bits per heavy atom. The maximum Gasteiger partial charge on any atom is 0.319 e. The summed E-state index contributed by atoms with van der Waals surface area (Å²) in [5.41, 5.74) is 1.50. The number of carbonyl (C=O) groups is 1. The quantitative estimate of drug-likeness (QED) is 0.585. The Balaban J connectivity index is 1.87. The lowest BCUT2D eigenvalue weighted by Gasteiger charge is -2.17. The van der Waals surface area contributed by atoms with Gasteiger partial charge in [0.25, 0.3) is 0 Å². The Morgan fingerprint density at radius 1 is 1.12 bits per heavy atom. The summed E-state index contributed by atoms with van der Waals surface area (Å²) < 4.78 is 5.74. The fraction of sp³-hybridized carbons (Fsp3) is 0.381. The van der Waals surface area contributed by atoms with Crippen molar-refractivity contribution in [2.75, 3.05) is 18.5 Å². The van der Waals surface area contributed by atoms with Crippen molar-refractivity contribution < 1.29 is 14.6 Å². The van der Waals surface area contributed by atoms with Gasteiger partial charge in [-0.2, -0.15) is 0 Å². The van der Waals surface area contributed by atoms with Gasteiger partial charge < -0.3 is 20.5 Å². The largest absolute Gasteiger partial charge is 0.494 e. The van der Waals surface area contributed by atoms with Crippen molar-refractivity contribution >= 4 is 11.7 Å². The van der Waals surface area contributed by atoms with Crippen LogP contribution < -0.4 is 15.4 Å². The highest BCUT2D eigenvalue weighted by Crippen LogP contribution is 2.18. The number of anilines is 1. The first kappa shape index (κ1) is 19.8. The van der Waals surface area contributed by atoms with E-state index in [2.05, 4.69) is 24.5 Å². The highest BCUT2D eigenvalue weighted by Gasteiger charge is 2.13. The number of ether oxygens (including phenoxy) is 1. The van der Waals surface area contributed by atoms with E-state index in [1.807, 2.05) is 42.5 Å². The number of aliphatic hydroxyl groups excluding tert-OH is 1. The molecule has 0 aliphatic carbocycles. The van der Waals surface area contributed by atoms with Gasteiger partial charge in [0.1, 0.15) is 5.75 Å². The topological polar surface area (TPSA) is 70.6 Å². The third-order valence-corrected chi connectivity index (χ3v) is 3.98. The second-order valence-corrected chi connectivity index (χ2v) is 6.66. The number of rotatable bonds is 9. The number of benzene rings is 2. The first-order valence-electron chi connectivity index (χ1n) is 9.04. The molecule has 1 atom stereocenters. The molecule has 0 saturated heterocycles. The maximum absolute atomic E-state index is 12.2. The second-order valence-electron chi connectivity index (χ2n) is 6.66. The molecule has 0 fully saturated rings. The van der Waals surface area contributed by atoms with Crippen LogP contribution in [-0.2, 0) is 0 Å². The number of hydrogen-bond acceptors (Lipinski definition) is 3. The molecule has 0 aliphatic rings. The van der Waals surface area contributed by atoms with E-state index in [4.69, 9.17) is 4.74 Å². The SMILES string of the molecule is CC(C)CCCOc1cccc(NC(=O)N[C@@H](CO)c2ccccc2)c1. The average molecular weight is 356 g/mol. The molecule has 0 bridgehead atoms. The number of aliphatic hydroxyl groups is 1. The van der Waals surface area contributed by atoms with Crippen molar-refractivity contribution in [3.8, 4) is 5.75 Å². The first-order chi connectivity index (χ1) is 12.6. The van der Waals surface area contributed by atoms with Crippen molar-refractivity contribution in [1.29, 1.82) is 0 Å². The van der Waals surface area contributed by atoms with Gasteiger partial charge in [-0.15, -0.1) is 0 Å². The van der Waals surface area contributed by atoms with E-state index in [0.717, 1.165) is 24.2 Å². The van der Waals surface area contributed by atoms with Crippen LogP contribution in [0.2, 0.25) is 0 Å². The summed E-state index contributed by atoms with van der Waals surface area (Å²) in [4.78, 5) is 12.2. The number of amides is 2. The summed E-state index contributed by atoms with van der Waals surface area (Å²) in [7, 11) is 0. The molecule has 2 amide bonds. The Bertz CT molecular complexity index is 674. The van der Waals surface area contributed by atoms with Crippen LogP contribution in [-0.4, -0.2) is 24.4 Å². The molecule has 5 nitrogen and oxygen atoms in total. The Kier molecular flexibility index (Phi) is 7.96. The van der Waals surface area contributed by atoms with Gasteiger partial charge in [-0.3, -0.25) is 0 Å². The normalized spacial score (nSPS) is 11.8. The third-order valence-electron chi connectivity index (χ3n) is 3.98. The third kappa shape index (κ3) is 6.76. The van der Waals surface area contributed by atoms with Crippen LogP contribution >= 0.6 is 0 Å². The smallest absolute Gasteiger partial charge is 0.319 e. The molecule has 2 rings (SSSR count). The van der Waals surface area contributed by atoms with Crippen molar-refractivity contribution in [3.05, 3.63) is 60.2 Å². The summed E-state index contributed by atoms with van der Waals surface area (Å²) in [6, 6.07) is 15.9. The van der Waals surface area contributed by atoms with E-state index >= 15 is 0 Å². The van der Waals surface area contributed by atoms with Gasteiger partial charge in [-0.05, 0) is 36.5 Å². The molecule has 2 aromatic carbocycles. The lowest BCUT2D eigenvalue weighted by molar-refractivity contribution is 0.225. The van der Waals surface area contributed by atoms with Gasteiger partial charge in [-0.25, -0.2) is 4.79 Å². The average Bonchev–Trinajstić information content (AvgIpc) is 2.64. The monoisotopic (exact) mass is 356 g/mol. The first-order valence-corrected chi connectivity index (χ1v) is 9.04. The van der Waals surface area contributed by atoms with Gasteiger partial charge in [0.2, 0.25) is 0 Å². The molecule has 0 unspecified atom stereocenters. The molecule has 26 heavy (non-hydrogen) atoms. The summed E-state index contributed by atoms with van der Waals surface area (Å²) in [6.45, 7) is 4.88. The summed E-state index contributed by atoms with van der Waals surface area (Å²) in [5.74, 6) is 1.40. The lowest BCUT2D eigenvalue weighted by Crippen LogP contribution is -2.34. The zero-order valence-electron chi connectivity index (χ0n) is 15.4. The van der Waals surface area contributed by atoms with Crippen LogP contribution in [0, 0.1) is 5.92 Å². The van der Waals surface area contributed by atoms with Crippen molar-refractivity contribution in [1.82, 2.24) is 5.32 Å². The van der Waals surface area contributed by atoms with Gasteiger partial charge >= 0.3 is 6.03 Å². The minimum absolute atomic E-state index is 0.170. The van der Waals surface area contributed by atoms with E-state index in [1.54, 1.807) is 12.1 Å². The van der Waals surface area contributed by atoms with Crippen molar-refractivity contribution in [2.24, 2.45) is 5.92 Å². The molecule has 0 heterocycles. The molecule has 0 aromatic heterocycles. The number of urea groups is 1. The second kappa shape index (κ2) is 10.5. The Labute approximate surface area is 155 Å². The standard InChI is InChI=1S/C21H28N2O3/c1-16(2)8-7-13-26-19-12-6-11-18(14-19)22-21(25)23-20(15-24)17-9-4-3-5-10-17/h3-6,9-12,14,16,20,24H,7-8,13,15H2,1-2H3,(H2,22,23,25)/t20-/m0/s1. The van der Waals surface area contributed by atoms with Crippen LogP contribution in [0.5, 0.6) is 5.75 Å². The van der Waals surface area contributed by atoms with Crippen molar-refractivity contribution in [3.63, 3.8) is 0 Å². The molecule has 2 aromatic rings. The van der Waals surface area contributed by atoms with Crippen LogP contribution in [0.4, 0.5) is 10.5 Å². The molecule has 0 spiro atoms. The lowest BCUT2D eigenvalue weighted by atomic mass is 10.1. The predicted octanol–water partition coefficient (Wildman–Crippen LogP) is 4.36. The number of nitrogens with one attached hydrogen (secondary N) is 2. The number of hydrogen-bond donors (Lipinski definition) is 3. The minimum Gasteiger partial charge on any atom is -0.494 e.